The minimum Gasteiger partial charge on any atom is -0.504 e. The topological polar surface area (TPSA) is 113 Å². The molecule has 2 aromatic heterocycles. The zero-order valence-corrected chi connectivity index (χ0v) is 17.6. The number of hydrogen-bond donors (Lipinski definition) is 3. The molecule has 3 N–H and O–H groups in total. The first-order valence-electron chi connectivity index (χ1n) is 8.96. The van der Waals surface area contributed by atoms with Gasteiger partial charge in [-0.05, 0) is 29.8 Å². The molecular weight excluding hydrogens is 440 g/mol. The van der Waals surface area contributed by atoms with E-state index in [1.54, 1.807) is 41.8 Å². The Morgan fingerprint density at radius 2 is 1.94 bits per heavy atom. The summed E-state index contributed by atoms with van der Waals surface area (Å²) in [7, 11) is 1.26. The van der Waals surface area contributed by atoms with Gasteiger partial charge in [0.2, 0.25) is 5.55 Å². The van der Waals surface area contributed by atoms with Gasteiger partial charge in [0, 0.05) is 21.4 Å². The Labute approximate surface area is 185 Å². The van der Waals surface area contributed by atoms with Crippen LogP contribution in [-0.2, 0) is 4.74 Å². The monoisotopic (exact) mass is 454 g/mol. The number of anilines is 1. The molecular formula is C22H15ClN2O5S. The van der Waals surface area contributed by atoms with Crippen LogP contribution in [0.4, 0.5) is 5.00 Å². The normalized spacial score (nSPS) is 10.8. The van der Waals surface area contributed by atoms with Crippen LogP contribution in [0.2, 0.25) is 5.02 Å². The first-order chi connectivity index (χ1) is 14.9. The number of aromatic hydroxyl groups is 1. The van der Waals surface area contributed by atoms with E-state index in [1.165, 1.54) is 19.2 Å². The molecule has 7 nitrogen and oxygen atoms in total. The minimum absolute atomic E-state index is 0.0460. The largest absolute Gasteiger partial charge is 0.504 e. The van der Waals surface area contributed by atoms with Crippen molar-refractivity contribution in [3.8, 4) is 16.9 Å². The summed E-state index contributed by atoms with van der Waals surface area (Å²) in [6.07, 6.45) is 0. The fourth-order valence-corrected chi connectivity index (χ4v) is 4.16. The number of phenolic OH excluding ortho intramolecular Hbond substituents is 1. The lowest BCUT2D eigenvalue weighted by molar-refractivity contribution is 0.0603. The highest BCUT2D eigenvalue weighted by atomic mass is 35.5. The number of ether oxygens (including phenoxy) is 1. The molecule has 0 saturated heterocycles. The predicted octanol–water partition coefficient (Wildman–Crippen LogP) is 5.04. The smallest absolute Gasteiger partial charge is 0.341 e. The molecule has 1 amide bonds. The van der Waals surface area contributed by atoms with Crippen molar-refractivity contribution < 1.29 is 23.8 Å². The Morgan fingerprint density at radius 3 is 2.65 bits per heavy atom. The van der Waals surface area contributed by atoms with Gasteiger partial charge in [0.25, 0.3) is 5.91 Å². The molecule has 31 heavy (non-hydrogen) atoms. The Morgan fingerprint density at radius 1 is 1.19 bits per heavy atom. The molecule has 0 aliphatic carbocycles. The summed E-state index contributed by atoms with van der Waals surface area (Å²) < 4.78 is 10.2. The zero-order valence-electron chi connectivity index (χ0n) is 16.1. The van der Waals surface area contributed by atoms with Gasteiger partial charge in [-0.15, -0.1) is 11.3 Å². The molecule has 9 heteroatoms. The van der Waals surface area contributed by atoms with Gasteiger partial charge in [0.15, 0.2) is 11.3 Å². The van der Waals surface area contributed by atoms with Crippen LogP contribution in [0.15, 0.2) is 58.3 Å². The van der Waals surface area contributed by atoms with Crippen LogP contribution in [0.3, 0.4) is 0 Å². The molecule has 0 bridgehead atoms. The molecule has 0 atom stereocenters. The van der Waals surface area contributed by atoms with E-state index in [1.807, 2.05) is 0 Å². The van der Waals surface area contributed by atoms with Crippen LogP contribution < -0.4 is 10.9 Å². The van der Waals surface area contributed by atoms with E-state index in [2.05, 4.69) is 5.32 Å². The van der Waals surface area contributed by atoms with Crippen LogP contribution >= 0.6 is 22.9 Å². The number of carbonyl (C=O) groups is 2. The first kappa shape index (κ1) is 20.6. The van der Waals surface area contributed by atoms with E-state index in [-0.39, 0.29) is 27.5 Å². The van der Waals surface area contributed by atoms with Crippen LogP contribution in [-0.4, -0.2) is 24.1 Å². The lowest BCUT2D eigenvalue weighted by Gasteiger charge is -2.09. The van der Waals surface area contributed by atoms with Crippen molar-refractivity contribution in [1.29, 1.82) is 5.41 Å². The number of fused-ring (bicyclic) bond motifs is 1. The molecule has 2 aromatic carbocycles. The van der Waals surface area contributed by atoms with Crippen molar-refractivity contribution in [2.45, 2.75) is 0 Å². The molecule has 4 aromatic rings. The summed E-state index contributed by atoms with van der Waals surface area (Å²) in [6, 6.07) is 13.1. The van der Waals surface area contributed by atoms with Gasteiger partial charge in [-0.25, -0.2) is 4.79 Å². The number of rotatable bonds is 4. The minimum atomic E-state index is -0.631. The highest BCUT2D eigenvalue weighted by molar-refractivity contribution is 7.15. The van der Waals surface area contributed by atoms with E-state index in [0.29, 0.717) is 16.0 Å². The summed E-state index contributed by atoms with van der Waals surface area (Å²) in [5, 5.41) is 23.6. The van der Waals surface area contributed by atoms with Crippen molar-refractivity contribution >= 4 is 50.8 Å². The standard InChI is InChI=1S/C22H15ClN2O5S/c1-29-22(28)17-15(11-5-7-13(23)8-6-11)10-31-21(17)25-20(27)14-9-12-3-2-4-16(26)18(12)30-19(14)24/h2-10,24,26H,1H3,(H,25,27). The third-order valence-electron chi connectivity index (χ3n) is 4.58. The van der Waals surface area contributed by atoms with Crippen LogP contribution in [0.25, 0.3) is 22.1 Å². The van der Waals surface area contributed by atoms with E-state index < -0.39 is 17.4 Å². The number of esters is 1. The average molecular weight is 455 g/mol. The van der Waals surface area contributed by atoms with Crippen LogP contribution in [0.1, 0.15) is 20.7 Å². The molecule has 4 rings (SSSR count). The number of carbonyl (C=O) groups excluding carboxylic acids is 2. The third-order valence-corrected chi connectivity index (χ3v) is 5.73. The molecule has 0 spiro atoms. The molecule has 0 fully saturated rings. The summed E-state index contributed by atoms with van der Waals surface area (Å²) in [4.78, 5) is 25.4. The first-order valence-corrected chi connectivity index (χ1v) is 10.2. The number of halogens is 1. The molecule has 0 aliphatic rings. The Kier molecular flexibility index (Phi) is 5.50. The maximum atomic E-state index is 12.9. The molecule has 0 radical (unpaired) electrons. The lowest BCUT2D eigenvalue weighted by Crippen LogP contribution is -2.21. The van der Waals surface area contributed by atoms with Crippen molar-refractivity contribution in [3.63, 3.8) is 0 Å². The van der Waals surface area contributed by atoms with Gasteiger partial charge in [0.05, 0.1) is 7.11 Å². The predicted molar refractivity (Wildman–Crippen MR) is 118 cm³/mol. The Balaban J connectivity index is 1.74. The average Bonchev–Trinajstić information content (AvgIpc) is 3.17. The number of para-hydroxylation sites is 1. The van der Waals surface area contributed by atoms with Crippen LogP contribution in [0.5, 0.6) is 5.75 Å². The summed E-state index contributed by atoms with van der Waals surface area (Å²) in [5.74, 6) is -1.37. The van der Waals surface area contributed by atoms with Crippen molar-refractivity contribution in [2.24, 2.45) is 0 Å². The number of nitrogens with one attached hydrogen (secondary N) is 2. The molecule has 0 unspecified atom stereocenters. The zero-order chi connectivity index (χ0) is 22.1. The van der Waals surface area contributed by atoms with Gasteiger partial charge in [-0.2, -0.15) is 0 Å². The van der Waals surface area contributed by atoms with Crippen LogP contribution in [0, 0.1) is 5.41 Å². The second-order valence-electron chi connectivity index (χ2n) is 6.49. The molecule has 0 aliphatic heterocycles. The maximum absolute atomic E-state index is 12.9. The van der Waals surface area contributed by atoms with E-state index in [4.69, 9.17) is 26.2 Å². The maximum Gasteiger partial charge on any atom is 0.341 e. The Bertz CT molecular complexity index is 1380. The molecule has 0 saturated carbocycles. The van der Waals surface area contributed by atoms with E-state index in [0.717, 1.165) is 16.9 Å². The van der Waals surface area contributed by atoms with E-state index in [9.17, 15) is 14.7 Å². The Hall–Kier alpha value is -3.62. The number of hydrogen-bond acceptors (Lipinski definition) is 7. The number of methoxy groups -OCH3 is 1. The van der Waals surface area contributed by atoms with Gasteiger partial charge in [0.1, 0.15) is 16.1 Å². The summed E-state index contributed by atoms with van der Waals surface area (Å²) >= 11 is 7.10. The number of phenols is 1. The summed E-state index contributed by atoms with van der Waals surface area (Å²) in [5.41, 5.74) is 1.17. The molecule has 156 valence electrons. The SMILES string of the molecule is COC(=O)c1c(-c2ccc(Cl)cc2)csc1NC(=O)c1cc2cccc(O)c2oc1=N. The number of amides is 1. The fraction of sp³-hybridized carbons (Fsp3) is 0.0455. The van der Waals surface area contributed by atoms with Gasteiger partial charge < -0.3 is 19.6 Å². The lowest BCUT2D eigenvalue weighted by atomic mass is 10.0. The molecule has 2 heterocycles. The second-order valence-corrected chi connectivity index (χ2v) is 7.81. The van der Waals surface area contributed by atoms with Gasteiger partial charge in [-0.1, -0.05) is 35.9 Å². The number of thiophene rings is 1. The second kappa shape index (κ2) is 8.25. The van der Waals surface area contributed by atoms with E-state index >= 15 is 0 Å². The third kappa shape index (κ3) is 3.90. The van der Waals surface area contributed by atoms with Crippen molar-refractivity contribution in [3.05, 3.63) is 75.6 Å². The quantitative estimate of drug-likeness (QED) is 0.374. The van der Waals surface area contributed by atoms with Gasteiger partial charge >= 0.3 is 5.97 Å². The highest BCUT2D eigenvalue weighted by Crippen LogP contribution is 2.37. The van der Waals surface area contributed by atoms with Crippen molar-refractivity contribution in [1.82, 2.24) is 0 Å². The number of benzene rings is 2. The fourth-order valence-electron chi connectivity index (χ4n) is 3.08. The van der Waals surface area contributed by atoms with Crippen molar-refractivity contribution in [2.75, 3.05) is 12.4 Å². The van der Waals surface area contributed by atoms with Gasteiger partial charge in [-0.3, -0.25) is 10.2 Å². The highest BCUT2D eigenvalue weighted by Gasteiger charge is 2.23. The summed E-state index contributed by atoms with van der Waals surface area (Å²) in [6.45, 7) is 0.